The molecule has 1 saturated heterocycles. The van der Waals surface area contributed by atoms with E-state index in [4.69, 9.17) is 4.74 Å². The Kier molecular flexibility index (Phi) is 4.58. The summed E-state index contributed by atoms with van der Waals surface area (Å²) < 4.78 is 5.73. The molecule has 1 aromatic carbocycles. The molecule has 0 radical (unpaired) electrons. The van der Waals surface area contributed by atoms with E-state index < -0.39 is 0 Å². The average molecular weight is 274 g/mol. The van der Waals surface area contributed by atoms with Crippen LogP contribution in [0.4, 0.5) is 5.69 Å². The number of rotatable bonds is 4. The van der Waals surface area contributed by atoms with Crippen LogP contribution < -0.4 is 5.32 Å². The lowest BCUT2D eigenvalue weighted by Gasteiger charge is -2.35. The van der Waals surface area contributed by atoms with Gasteiger partial charge in [-0.2, -0.15) is 0 Å². The number of ether oxygens (including phenoxy) is 1. The molecule has 1 fully saturated rings. The lowest BCUT2D eigenvalue weighted by molar-refractivity contribution is 0.0113. The molecule has 0 amide bonds. The first kappa shape index (κ1) is 13.9. The molecule has 0 aliphatic carbocycles. The topological polar surface area (TPSA) is 24.5 Å². The van der Waals surface area contributed by atoms with Crippen LogP contribution in [0.25, 0.3) is 0 Å². The molecule has 1 atom stereocenters. The Morgan fingerprint density at radius 3 is 2.85 bits per heavy atom. The Hall–Kier alpha value is -1.06. The van der Waals surface area contributed by atoms with Crippen molar-refractivity contribution in [3.05, 3.63) is 29.8 Å². The van der Waals surface area contributed by atoms with Gasteiger partial charge in [0.25, 0.3) is 0 Å². The van der Waals surface area contributed by atoms with Crippen molar-refractivity contribution in [3.63, 3.8) is 0 Å². The zero-order valence-electron chi connectivity index (χ0n) is 12.5. The average Bonchev–Trinajstić information content (AvgIpc) is 2.49. The Morgan fingerprint density at radius 2 is 2.05 bits per heavy atom. The fourth-order valence-electron chi connectivity index (χ4n) is 3.50. The van der Waals surface area contributed by atoms with Crippen molar-refractivity contribution < 1.29 is 4.74 Å². The fraction of sp³-hybridized carbons (Fsp3) is 0.647. The van der Waals surface area contributed by atoms with Crippen LogP contribution in [0.3, 0.4) is 0 Å². The summed E-state index contributed by atoms with van der Waals surface area (Å²) >= 11 is 0. The maximum atomic E-state index is 5.73. The first-order chi connectivity index (χ1) is 9.85. The predicted octanol–water partition coefficient (Wildman–Crippen LogP) is 2.77. The van der Waals surface area contributed by atoms with Crippen molar-refractivity contribution in [2.24, 2.45) is 5.92 Å². The van der Waals surface area contributed by atoms with Gasteiger partial charge < -0.3 is 15.0 Å². The van der Waals surface area contributed by atoms with Crippen LogP contribution in [-0.4, -0.2) is 43.8 Å². The Balaban J connectivity index is 1.48. The zero-order valence-corrected chi connectivity index (χ0v) is 12.5. The predicted molar refractivity (Wildman–Crippen MR) is 83.2 cm³/mol. The van der Waals surface area contributed by atoms with Crippen LogP contribution >= 0.6 is 0 Å². The van der Waals surface area contributed by atoms with Gasteiger partial charge in [0.05, 0.1) is 6.10 Å². The summed E-state index contributed by atoms with van der Waals surface area (Å²) in [5.74, 6) is 0.744. The summed E-state index contributed by atoms with van der Waals surface area (Å²) in [5.41, 5.74) is 2.81. The smallest absolute Gasteiger partial charge is 0.0599 e. The normalized spacial score (nSPS) is 24.1. The number of hydrogen-bond donors (Lipinski definition) is 1. The number of piperidine rings is 1. The minimum absolute atomic E-state index is 0.501. The molecule has 3 rings (SSSR count). The second kappa shape index (κ2) is 6.59. The van der Waals surface area contributed by atoms with Crippen LogP contribution in [0.15, 0.2) is 24.3 Å². The van der Waals surface area contributed by atoms with Gasteiger partial charge in [-0.3, -0.25) is 0 Å². The van der Waals surface area contributed by atoms with E-state index in [2.05, 4.69) is 41.4 Å². The number of benzene rings is 1. The van der Waals surface area contributed by atoms with Gasteiger partial charge in [0.2, 0.25) is 0 Å². The summed E-state index contributed by atoms with van der Waals surface area (Å²) in [6.07, 6.45) is 4.12. The number of para-hydroxylation sites is 1. The van der Waals surface area contributed by atoms with Crippen molar-refractivity contribution in [2.45, 2.75) is 32.3 Å². The summed E-state index contributed by atoms with van der Waals surface area (Å²) in [5, 5.41) is 3.58. The van der Waals surface area contributed by atoms with E-state index in [-0.39, 0.29) is 0 Å². The third-order valence-corrected chi connectivity index (χ3v) is 4.56. The van der Waals surface area contributed by atoms with Gasteiger partial charge in [-0.15, -0.1) is 0 Å². The van der Waals surface area contributed by atoms with E-state index in [1.165, 1.54) is 50.1 Å². The molecule has 1 aromatic rings. The second-order valence-electron chi connectivity index (χ2n) is 6.06. The van der Waals surface area contributed by atoms with Gasteiger partial charge in [0.15, 0.2) is 0 Å². The zero-order chi connectivity index (χ0) is 13.8. The van der Waals surface area contributed by atoms with E-state index in [9.17, 15) is 0 Å². The molecular formula is C17H26N2O. The number of fused-ring (bicyclic) bond motifs is 1. The maximum Gasteiger partial charge on any atom is 0.0599 e. The third-order valence-electron chi connectivity index (χ3n) is 4.56. The second-order valence-corrected chi connectivity index (χ2v) is 6.06. The quantitative estimate of drug-likeness (QED) is 0.913. The molecule has 2 aliphatic heterocycles. The highest BCUT2D eigenvalue weighted by Crippen LogP contribution is 2.25. The highest BCUT2D eigenvalue weighted by molar-refractivity contribution is 5.53. The lowest BCUT2D eigenvalue weighted by atomic mass is 9.93. The first-order valence-electron chi connectivity index (χ1n) is 8.01. The van der Waals surface area contributed by atoms with Crippen molar-refractivity contribution >= 4 is 5.69 Å². The monoisotopic (exact) mass is 274 g/mol. The van der Waals surface area contributed by atoms with Crippen LogP contribution in [0.2, 0.25) is 0 Å². The van der Waals surface area contributed by atoms with Gasteiger partial charge in [0, 0.05) is 38.5 Å². The Labute approximate surface area is 122 Å². The minimum atomic E-state index is 0.501. The molecule has 20 heavy (non-hydrogen) atoms. The Bertz CT molecular complexity index is 427. The van der Waals surface area contributed by atoms with Gasteiger partial charge in [0.1, 0.15) is 0 Å². The molecule has 110 valence electrons. The highest BCUT2D eigenvalue weighted by Gasteiger charge is 2.24. The van der Waals surface area contributed by atoms with Crippen LogP contribution in [0.5, 0.6) is 0 Å². The number of anilines is 1. The van der Waals surface area contributed by atoms with E-state index in [1.54, 1.807) is 0 Å². The fourth-order valence-corrected chi connectivity index (χ4v) is 3.50. The molecule has 0 aromatic heterocycles. The molecule has 1 unspecified atom stereocenters. The first-order valence-corrected chi connectivity index (χ1v) is 8.01. The summed E-state index contributed by atoms with van der Waals surface area (Å²) in [4.78, 5) is 2.62. The molecule has 1 N–H and O–H groups in total. The number of hydrogen-bond acceptors (Lipinski definition) is 3. The van der Waals surface area contributed by atoms with Gasteiger partial charge in [-0.1, -0.05) is 18.2 Å². The minimum Gasteiger partial charge on any atom is -0.384 e. The molecule has 0 bridgehead atoms. The van der Waals surface area contributed by atoms with Crippen LogP contribution in [-0.2, 0) is 11.2 Å². The molecule has 0 saturated carbocycles. The molecule has 3 nitrogen and oxygen atoms in total. The van der Waals surface area contributed by atoms with Gasteiger partial charge >= 0.3 is 0 Å². The largest absolute Gasteiger partial charge is 0.384 e. The van der Waals surface area contributed by atoms with E-state index >= 15 is 0 Å². The van der Waals surface area contributed by atoms with Gasteiger partial charge in [-0.25, -0.2) is 0 Å². The van der Waals surface area contributed by atoms with E-state index in [0.29, 0.717) is 6.10 Å². The van der Waals surface area contributed by atoms with Crippen molar-refractivity contribution in [1.29, 1.82) is 0 Å². The van der Waals surface area contributed by atoms with Gasteiger partial charge in [-0.05, 0) is 43.7 Å². The van der Waals surface area contributed by atoms with E-state index in [0.717, 1.165) is 19.1 Å². The molecule has 2 aliphatic rings. The molecule has 3 heteroatoms. The standard InChI is InChI=1S/C17H26N2O/c1-2-20-16-7-9-19(10-8-16)13-14-11-15-5-3-4-6-17(15)18-12-14/h3-6,14,16,18H,2,7-13H2,1H3. The molecular weight excluding hydrogens is 248 g/mol. The molecule has 2 heterocycles. The summed E-state index contributed by atoms with van der Waals surface area (Å²) in [7, 11) is 0. The lowest BCUT2D eigenvalue weighted by Crippen LogP contribution is -2.42. The summed E-state index contributed by atoms with van der Waals surface area (Å²) in [6, 6.07) is 8.72. The van der Waals surface area contributed by atoms with Crippen molar-refractivity contribution in [1.82, 2.24) is 4.90 Å². The number of nitrogens with one attached hydrogen (secondary N) is 1. The maximum absolute atomic E-state index is 5.73. The van der Waals surface area contributed by atoms with Crippen molar-refractivity contribution in [3.8, 4) is 0 Å². The number of nitrogens with zero attached hydrogens (tertiary/aromatic N) is 1. The molecule has 0 spiro atoms. The summed E-state index contributed by atoms with van der Waals surface area (Å²) in [6.45, 7) is 7.68. The van der Waals surface area contributed by atoms with Crippen LogP contribution in [0, 0.1) is 5.92 Å². The van der Waals surface area contributed by atoms with Crippen LogP contribution in [0.1, 0.15) is 25.3 Å². The Morgan fingerprint density at radius 1 is 1.25 bits per heavy atom. The van der Waals surface area contributed by atoms with E-state index in [1.807, 2.05) is 0 Å². The number of likely N-dealkylation sites (tertiary alicyclic amines) is 1. The van der Waals surface area contributed by atoms with Crippen molar-refractivity contribution in [2.75, 3.05) is 38.1 Å². The SMILES string of the molecule is CCOC1CCN(CC2CNc3ccccc3C2)CC1. The highest BCUT2D eigenvalue weighted by atomic mass is 16.5. The third kappa shape index (κ3) is 3.33.